The third-order valence-electron chi connectivity index (χ3n) is 3.39. The summed E-state index contributed by atoms with van der Waals surface area (Å²) in [6.07, 6.45) is 1.47. The van der Waals surface area contributed by atoms with Crippen LogP contribution in [0.3, 0.4) is 0 Å². The van der Waals surface area contributed by atoms with E-state index in [9.17, 15) is 8.78 Å². The van der Waals surface area contributed by atoms with Gasteiger partial charge in [0.1, 0.15) is 11.6 Å². The molecule has 0 bridgehead atoms. The summed E-state index contributed by atoms with van der Waals surface area (Å²) in [5, 5.41) is 0. The SMILES string of the molecule is NC1CCn2c(Br)nc(-c3cc(F)ccc3F)c2C1. The van der Waals surface area contributed by atoms with E-state index in [1.807, 2.05) is 4.57 Å². The molecule has 0 spiro atoms. The first kappa shape index (κ1) is 12.7. The molecule has 2 aromatic rings. The second-order valence-electron chi connectivity index (χ2n) is 4.70. The molecule has 19 heavy (non-hydrogen) atoms. The molecule has 0 fully saturated rings. The van der Waals surface area contributed by atoms with Crippen LogP contribution in [-0.2, 0) is 13.0 Å². The fraction of sp³-hybridized carbons (Fsp3) is 0.308. The molecule has 0 amide bonds. The molecule has 100 valence electrons. The highest BCUT2D eigenvalue weighted by molar-refractivity contribution is 9.10. The van der Waals surface area contributed by atoms with E-state index in [4.69, 9.17) is 5.73 Å². The highest BCUT2D eigenvalue weighted by Gasteiger charge is 2.25. The molecule has 1 aromatic heterocycles. The number of nitrogens with two attached hydrogens (primary N) is 1. The number of aromatic nitrogens is 2. The molecule has 3 nitrogen and oxygen atoms in total. The van der Waals surface area contributed by atoms with Crippen molar-refractivity contribution in [1.82, 2.24) is 9.55 Å². The van der Waals surface area contributed by atoms with Crippen LogP contribution in [0.5, 0.6) is 0 Å². The second-order valence-corrected chi connectivity index (χ2v) is 5.41. The summed E-state index contributed by atoms with van der Waals surface area (Å²) >= 11 is 3.36. The Morgan fingerprint density at radius 1 is 1.37 bits per heavy atom. The van der Waals surface area contributed by atoms with E-state index >= 15 is 0 Å². The van der Waals surface area contributed by atoms with Crippen LogP contribution in [0.25, 0.3) is 11.3 Å². The quantitative estimate of drug-likeness (QED) is 0.875. The molecule has 0 saturated carbocycles. The van der Waals surface area contributed by atoms with Gasteiger partial charge in [0.2, 0.25) is 0 Å². The minimum atomic E-state index is -0.478. The standard InChI is InChI=1S/C13H12BrF2N3/c14-13-18-12(9-5-7(15)1-2-10(9)16)11-6-8(17)3-4-19(11)13/h1-2,5,8H,3-4,6,17H2. The summed E-state index contributed by atoms with van der Waals surface area (Å²) < 4.78 is 29.8. The first-order valence-electron chi connectivity index (χ1n) is 6.02. The number of benzene rings is 1. The van der Waals surface area contributed by atoms with Crippen molar-refractivity contribution in [2.24, 2.45) is 5.73 Å². The van der Waals surface area contributed by atoms with Gasteiger partial charge in [0.15, 0.2) is 4.73 Å². The Hall–Kier alpha value is -1.27. The molecule has 1 unspecified atom stereocenters. The molecule has 1 aromatic carbocycles. The number of halogens is 3. The molecule has 3 rings (SSSR count). The number of imidazole rings is 1. The minimum Gasteiger partial charge on any atom is -0.327 e. The van der Waals surface area contributed by atoms with Gasteiger partial charge in [-0.1, -0.05) is 0 Å². The fourth-order valence-corrected chi connectivity index (χ4v) is 3.00. The van der Waals surface area contributed by atoms with E-state index in [0.717, 1.165) is 30.8 Å². The van der Waals surface area contributed by atoms with E-state index in [0.29, 0.717) is 16.8 Å². The third-order valence-corrected chi connectivity index (χ3v) is 3.99. The normalized spacial score (nSPS) is 18.4. The predicted molar refractivity (Wildman–Crippen MR) is 71.6 cm³/mol. The molecule has 0 saturated heterocycles. The fourth-order valence-electron chi connectivity index (χ4n) is 2.43. The van der Waals surface area contributed by atoms with Gasteiger partial charge in [0.05, 0.1) is 5.69 Å². The number of hydrogen-bond donors (Lipinski definition) is 1. The van der Waals surface area contributed by atoms with Crippen molar-refractivity contribution in [2.45, 2.75) is 25.4 Å². The lowest BCUT2D eigenvalue weighted by Crippen LogP contribution is -2.30. The second kappa shape index (κ2) is 4.68. The highest BCUT2D eigenvalue weighted by atomic mass is 79.9. The smallest absolute Gasteiger partial charge is 0.177 e. The highest BCUT2D eigenvalue weighted by Crippen LogP contribution is 2.32. The number of hydrogen-bond acceptors (Lipinski definition) is 2. The van der Waals surface area contributed by atoms with E-state index in [-0.39, 0.29) is 11.6 Å². The molecule has 1 atom stereocenters. The molecule has 1 aliphatic rings. The molecular weight excluding hydrogens is 316 g/mol. The Morgan fingerprint density at radius 3 is 2.95 bits per heavy atom. The maximum atomic E-state index is 13.9. The van der Waals surface area contributed by atoms with Crippen molar-refractivity contribution in [2.75, 3.05) is 0 Å². The largest absolute Gasteiger partial charge is 0.327 e. The first-order chi connectivity index (χ1) is 9.06. The van der Waals surface area contributed by atoms with Gasteiger partial charge < -0.3 is 10.3 Å². The van der Waals surface area contributed by atoms with Crippen molar-refractivity contribution in [1.29, 1.82) is 0 Å². The Morgan fingerprint density at radius 2 is 2.16 bits per heavy atom. The molecule has 2 heterocycles. The Kier molecular flexibility index (Phi) is 3.14. The summed E-state index contributed by atoms with van der Waals surface area (Å²) in [5.41, 5.74) is 7.46. The Bertz CT molecular complexity index is 639. The van der Waals surface area contributed by atoms with Gasteiger partial charge in [-0.05, 0) is 40.5 Å². The van der Waals surface area contributed by atoms with Crippen molar-refractivity contribution < 1.29 is 8.78 Å². The van der Waals surface area contributed by atoms with Crippen LogP contribution >= 0.6 is 15.9 Å². The molecule has 0 radical (unpaired) electrons. The predicted octanol–water partition coefficient (Wildman–Crippen LogP) is 2.86. The average Bonchev–Trinajstić information content (AvgIpc) is 2.69. The zero-order valence-corrected chi connectivity index (χ0v) is 11.6. The molecule has 0 aliphatic carbocycles. The van der Waals surface area contributed by atoms with E-state index in [1.165, 1.54) is 6.07 Å². The van der Waals surface area contributed by atoms with Crippen molar-refractivity contribution >= 4 is 15.9 Å². The van der Waals surface area contributed by atoms with Gasteiger partial charge in [-0.2, -0.15) is 0 Å². The van der Waals surface area contributed by atoms with Crippen LogP contribution in [0.1, 0.15) is 12.1 Å². The number of rotatable bonds is 1. The monoisotopic (exact) mass is 327 g/mol. The van der Waals surface area contributed by atoms with E-state index in [2.05, 4.69) is 20.9 Å². The number of fused-ring (bicyclic) bond motifs is 1. The van der Waals surface area contributed by atoms with Gasteiger partial charge in [0.25, 0.3) is 0 Å². The molecular formula is C13H12BrF2N3. The third kappa shape index (κ3) is 2.19. The summed E-state index contributed by atoms with van der Waals surface area (Å²) in [7, 11) is 0. The van der Waals surface area contributed by atoms with Gasteiger partial charge in [0, 0.05) is 30.3 Å². The van der Waals surface area contributed by atoms with Gasteiger partial charge in [-0.15, -0.1) is 0 Å². The maximum Gasteiger partial charge on any atom is 0.177 e. The summed E-state index contributed by atoms with van der Waals surface area (Å²) in [6.45, 7) is 0.737. The average molecular weight is 328 g/mol. The van der Waals surface area contributed by atoms with E-state index in [1.54, 1.807) is 0 Å². The van der Waals surface area contributed by atoms with Crippen molar-refractivity contribution in [3.05, 3.63) is 40.3 Å². The van der Waals surface area contributed by atoms with Gasteiger partial charge >= 0.3 is 0 Å². The summed E-state index contributed by atoms with van der Waals surface area (Å²) in [6, 6.07) is 3.42. The van der Waals surface area contributed by atoms with Crippen LogP contribution < -0.4 is 5.73 Å². The minimum absolute atomic E-state index is 0.0338. The van der Waals surface area contributed by atoms with Crippen LogP contribution in [0.4, 0.5) is 8.78 Å². The first-order valence-corrected chi connectivity index (χ1v) is 6.81. The Balaban J connectivity index is 2.18. The molecule has 2 N–H and O–H groups in total. The lowest BCUT2D eigenvalue weighted by atomic mass is 10.0. The molecule has 1 aliphatic heterocycles. The van der Waals surface area contributed by atoms with Crippen LogP contribution in [-0.4, -0.2) is 15.6 Å². The van der Waals surface area contributed by atoms with Gasteiger partial charge in [-0.25, -0.2) is 13.8 Å². The van der Waals surface area contributed by atoms with Crippen LogP contribution in [0.2, 0.25) is 0 Å². The Labute approximate surface area is 117 Å². The number of nitrogens with zero attached hydrogens (tertiary/aromatic N) is 2. The van der Waals surface area contributed by atoms with Crippen molar-refractivity contribution in [3.63, 3.8) is 0 Å². The topological polar surface area (TPSA) is 43.8 Å². The van der Waals surface area contributed by atoms with Crippen molar-refractivity contribution in [3.8, 4) is 11.3 Å². The lowest BCUT2D eigenvalue weighted by molar-refractivity contribution is 0.466. The summed E-state index contributed by atoms with van der Waals surface area (Å²) in [4.78, 5) is 4.32. The van der Waals surface area contributed by atoms with Gasteiger partial charge in [-0.3, -0.25) is 0 Å². The zero-order valence-electron chi connectivity index (χ0n) is 10.0. The van der Waals surface area contributed by atoms with E-state index < -0.39 is 11.6 Å². The molecule has 6 heteroatoms. The lowest BCUT2D eigenvalue weighted by Gasteiger charge is -2.21. The summed E-state index contributed by atoms with van der Waals surface area (Å²) in [5.74, 6) is -0.955. The maximum absolute atomic E-state index is 13.9. The van der Waals surface area contributed by atoms with Crippen LogP contribution in [0, 0.1) is 11.6 Å². The van der Waals surface area contributed by atoms with Crippen LogP contribution in [0.15, 0.2) is 22.9 Å². The zero-order chi connectivity index (χ0) is 13.6.